The summed E-state index contributed by atoms with van der Waals surface area (Å²) in [5, 5.41) is 3.25. The van der Waals surface area contributed by atoms with Crippen molar-refractivity contribution in [1.82, 2.24) is 10.2 Å². The highest BCUT2D eigenvalue weighted by Gasteiger charge is 2.24. The summed E-state index contributed by atoms with van der Waals surface area (Å²) in [7, 11) is -1.61. The molecule has 9 heteroatoms. The number of ether oxygens (including phenoxy) is 1. The molecule has 1 aromatic rings. The van der Waals surface area contributed by atoms with Crippen molar-refractivity contribution < 1.29 is 13.2 Å². The minimum atomic E-state index is -3.32. The van der Waals surface area contributed by atoms with E-state index >= 15 is 0 Å². The maximum absolute atomic E-state index is 12.4. The summed E-state index contributed by atoms with van der Waals surface area (Å²) >= 11 is 3.32. The Hall–Kier alpha value is -0.390. The molecule has 1 unspecified atom stereocenters. The maximum Gasteiger partial charge on any atom is 0.193 e. The molecule has 0 aromatic heterocycles. The van der Waals surface area contributed by atoms with E-state index in [0.29, 0.717) is 10.8 Å². The Kier molecular flexibility index (Phi) is 10.4. The molecule has 0 aliphatic carbocycles. The summed E-state index contributed by atoms with van der Waals surface area (Å²) in [6.07, 6.45) is 1.06. The topological polar surface area (TPSA) is 71.0 Å². The zero-order valence-corrected chi connectivity index (χ0v) is 19.9. The molecule has 148 valence electrons. The molecule has 0 bridgehead atoms. The average molecular weight is 560 g/mol. The first-order valence-corrected chi connectivity index (χ1v) is 10.9. The second kappa shape index (κ2) is 11.5. The summed E-state index contributed by atoms with van der Waals surface area (Å²) in [4.78, 5) is 7.03. The summed E-state index contributed by atoms with van der Waals surface area (Å²) in [6, 6.07) is 6.70. The Bertz CT molecular complexity index is 683. The molecule has 1 N–H and O–H groups in total. The van der Waals surface area contributed by atoms with Crippen LogP contribution in [0.4, 0.5) is 0 Å². The Morgan fingerprint density at radius 1 is 1.38 bits per heavy atom. The molecular formula is C17H27BrIN3O3S. The number of halogens is 2. The van der Waals surface area contributed by atoms with Crippen molar-refractivity contribution in [3.63, 3.8) is 0 Å². The van der Waals surface area contributed by atoms with E-state index in [9.17, 15) is 8.42 Å². The Labute approximate surface area is 181 Å². The van der Waals surface area contributed by atoms with Gasteiger partial charge in [0.1, 0.15) is 0 Å². The summed E-state index contributed by atoms with van der Waals surface area (Å²) < 4.78 is 30.9. The second-order valence-electron chi connectivity index (χ2n) is 6.06. The van der Waals surface area contributed by atoms with E-state index in [-0.39, 0.29) is 36.3 Å². The first-order valence-electron chi connectivity index (χ1n) is 8.46. The lowest BCUT2D eigenvalue weighted by atomic mass is 10.1. The largest absolute Gasteiger partial charge is 0.384 e. The van der Waals surface area contributed by atoms with E-state index in [2.05, 4.69) is 31.1 Å². The number of hydrogen-bond donors (Lipinski definition) is 1. The highest BCUT2D eigenvalue weighted by Crippen LogP contribution is 2.17. The summed E-state index contributed by atoms with van der Waals surface area (Å²) in [5.41, 5.74) is 0. The zero-order chi connectivity index (χ0) is 18.3. The molecule has 1 aromatic carbocycles. The lowest BCUT2D eigenvalue weighted by Gasteiger charge is -2.21. The number of methoxy groups -OCH3 is 1. The number of hydrogen-bond acceptors (Lipinski definition) is 4. The average Bonchev–Trinajstić information content (AvgIpc) is 3.03. The minimum Gasteiger partial charge on any atom is -0.384 e. The van der Waals surface area contributed by atoms with Crippen LogP contribution < -0.4 is 5.32 Å². The third kappa shape index (κ3) is 6.97. The number of likely N-dealkylation sites (tertiary alicyclic amines) is 1. The van der Waals surface area contributed by atoms with Crippen molar-refractivity contribution in [3.8, 4) is 0 Å². The molecule has 1 heterocycles. The minimum absolute atomic E-state index is 0. The van der Waals surface area contributed by atoms with Crippen molar-refractivity contribution in [2.45, 2.75) is 18.2 Å². The Balaban J connectivity index is 0.00000338. The van der Waals surface area contributed by atoms with E-state index in [0.717, 1.165) is 43.1 Å². The molecule has 26 heavy (non-hydrogen) atoms. The molecular weight excluding hydrogens is 533 g/mol. The van der Waals surface area contributed by atoms with Crippen molar-refractivity contribution >= 4 is 55.7 Å². The molecule has 1 atom stereocenters. The third-order valence-electron chi connectivity index (χ3n) is 4.12. The molecule has 1 fully saturated rings. The van der Waals surface area contributed by atoms with Crippen LogP contribution >= 0.6 is 39.9 Å². The van der Waals surface area contributed by atoms with Crippen molar-refractivity contribution in [1.29, 1.82) is 0 Å². The fourth-order valence-corrected chi connectivity index (χ4v) is 4.24. The third-order valence-corrected chi connectivity index (χ3v) is 6.36. The van der Waals surface area contributed by atoms with Crippen molar-refractivity contribution in [3.05, 3.63) is 28.7 Å². The number of nitrogens with zero attached hydrogens (tertiary/aromatic N) is 2. The van der Waals surface area contributed by atoms with Crippen LogP contribution in [0.1, 0.15) is 13.3 Å². The van der Waals surface area contributed by atoms with Crippen LogP contribution in [0.5, 0.6) is 0 Å². The monoisotopic (exact) mass is 559 g/mol. The van der Waals surface area contributed by atoms with E-state index in [1.807, 2.05) is 6.92 Å². The lowest BCUT2D eigenvalue weighted by Crippen LogP contribution is -2.40. The van der Waals surface area contributed by atoms with Gasteiger partial charge >= 0.3 is 0 Å². The highest BCUT2D eigenvalue weighted by molar-refractivity contribution is 14.0. The summed E-state index contributed by atoms with van der Waals surface area (Å²) in [5.74, 6) is 1.28. The SMILES string of the molecule is CCNC(=NCCS(=O)(=O)c1ccc(Br)cc1)N1CCC(COC)C1.I. The Morgan fingerprint density at radius 3 is 2.69 bits per heavy atom. The van der Waals surface area contributed by atoms with Gasteiger partial charge in [-0.05, 0) is 37.6 Å². The van der Waals surface area contributed by atoms with E-state index in [4.69, 9.17) is 4.74 Å². The molecule has 2 rings (SSSR count). The highest BCUT2D eigenvalue weighted by atomic mass is 127. The van der Waals surface area contributed by atoms with Gasteiger partial charge in [0.15, 0.2) is 15.8 Å². The van der Waals surface area contributed by atoms with Crippen LogP contribution in [-0.4, -0.2) is 64.9 Å². The van der Waals surface area contributed by atoms with E-state index in [1.165, 1.54) is 0 Å². The lowest BCUT2D eigenvalue weighted by molar-refractivity contribution is 0.157. The van der Waals surface area contributed by atoms with Gasteiger partial charge in [-0.25, -0.2) is 8.42 Å². The molecule has 1 aliphatic rings. The van der Waals surface area contributed by atoms with Gasteiger partial charge in [-0.1, -0.05) is 15.9 Å². The van der Waals surface area contributed by atoms with Crippen LogP contribution in [0.15, 0.2) is 38.6 Å². The number of aliphatic imine (C=N–C) groups is 1. The molecule has 0 amide bonds. The fraction of sp³-hybridized carbons (Fsp3) is 0.588. The van der Waals surface area contributed by atoms with Gasteiger partial charge in [0, 0.05) is 37.1 Å². The van der Waals surface area contributed by atoms with Crippen LogP contribution in [0.2, 0.25) is 0 Å². The van der Waals surface area contributed by atoms with Crippen LogP contribution in [-0.2, 0) is 14.6 Å². The van der Waals surface area contributed by atoms with Crippen LogP contribution in [0.25, 0.3) is 0 Å². The van der Waals surface area contributed by atoms with E-state index in [1.54, 1.807) is 31.4 Å². The molecule has 1 aliphatic heterocycles. The van der Waals surface area contributed by atoms with E-state index < -0.39 is 9.84 Å². The zero-order valence-electron chi connectivity index (χ0n) is 15.2. The Morgan fingerprint density at radius 2 is 2.08 bits per heavy atom. The second-order valence-corrected chi connectivity index (χ2v) is 9.09. The van der Waals surface area contributed by atoms with Crippen molar-refractivity contribution in [2.24, 2.45) is 10.9 Å². The first-order chi connectivity index (χ1) is 12.0. The summed E-state index contributed by atoms with van der Waals surface area (Å²) in [6.45, 7) is 5.55. The number of guanidine groups is 1. The fourth-order valence-electron chi connectivity index (χ4n) is 2.85. The van der Waals surface area contributed by atoms with Gasteiger partial charge in [-0.15, -0.1) is 24.0 Å². The van der Waals surface area contributed by atoms with Crippen LogP contribution in [0, 0.1) is 5.92 Å². The quantitative estimate of drug-likeness (QED) is 0.316. The smallest absolute Gasteiger partial charge is 0.193 e. The molecule has 6 nitrogen and oxygen atoms in total. The number of nitrogens with one attached hydrogen (secondary N) is 1. The maximum atomic E-state index is 12.4. The predicted octanol–water partition coefficient (Wildman–Crippen LogP) is 2.77. The predicted molar refractivity (Wildman–Crippen MR) is 119 cm³/mol. The number of sulfone groups is 1. The molecule has 0 spiro atoms. The standard InChI is InChI=1S/C17H26BrN3O3S.HI/c1-3-19-17(21-10-8-14(12-21)13-24-2)20-9-11-25(22,23)16-6-4-15(18)5-7-16;/h4-7,14H,3,8-13H2,1-2H3,(H,19,20);1H. The van der Waals surface area contributed by atoms with Gasteiger partial charge < -0.3 is 15.0 Å². The number of benzene rings is 1. The first kappa shape index (κ1) is 23.6. The molecule has 1 saturated heterocycles. The van der Waals surface area contributed by atoms with Gasteiger partial charge in [0.25, 0.3) is 0 Å². The van der Waals surface area contributed by atoms with Crippen LogP contribution in [0.3, 0.4) is 0 Å². The van der Waals surface area contributed by atoms with Gasteiger partial charge in [0.05, 0.1) is 23.8 Å². The number of rotatable bonds is 7. The molecule has 0 saturated carbocycles. The normalized spacial score (nSPS) is 17.9. The van der Waals surface area contributed by atoms with Gasteiger partial charge in [-0.3, -0.25) is 4.99 Å². The van der Waals surface area contributed by atoms with Crippen molar-refractivity contribution in [2.75, 3.05) is 45.6 Å². The van der Waals surface area contributed by atoms with Gasteiger partial charge in [-0.2, -0.15) is 0 Å². The van der Waals surface area contributed by atoms with Gasteiger partial charge in [0.2, 0.25) is 0 Å². The molecule has 0 radical (unpaired) electrons.